The summed E-state index contributed by atoms with van der Waals surface area (Å²) in [5, 5.41) is 13.9. The van der Waals surface area contributed by atoms with Gasteiger partial charge < -0.3 is 5.32 Å². The van der Waals surface area contributed by atoms with E-state index in [0.717, 1.165) is 8.66 Å². The van der Waals surface area contributed by atoms with Crippen molar-refractivity contribution in [2.45, 2.75) is 13.5 Å². The molecule has 0 aliphatic rings. The number of hydrogen-bond acceptors (Lipinski definition) is 5. The number of nitrogens with one attached hydrogen (secondary N) is 1. The van der Waals surface area contributed by atoms with Gasteiger partial charge in [0.1, 0.15) is 5.69 Å². The summed E-state index contributed by atoms with van der Waals surface area (Å²) >= 11 is 10.8. The van der Waals surface area contributed by atoms with Crippen LogP contribution in [-0.2, 0) is 11.3 Å². The molecule has 1 amide bonds. The Bertz CT molecular complexity index is 753. The van der Waals surface area contributed by atoms with Gasteiger partial charge in [-0.2, -0.15) is 0 Å². The van der Waals surface area contributed by atoms with Crippen LogP contribution in [0.4, 0.5) is 11.4 Å². The Morgan fingerprint density at radius 3 is 2.75 bits per heavy atom. The Balaban J connectivity index is 2.02. The fraction of sp³-hybridized carbons (Fsp3) is 0.267. The number of amides is 1. The second kappa shape index (κ2) is 8.57. The monoisotopic (exact) mass is 431 g/mol. The van der Waals surface area contributed by atoms with Gasteiger partial charge in [-0.25, -0.2) is 0 Å². The van der Waals surface area contributed by atoms with E-state index in [1.165, 1.54) is 18.2 Å². The number of likely N-dealkylation sites (N-methyl/N-ethyl adjacent to an activating group) is 1. The van der Waals surface area contributed by atoms with E-state index in [0.29, 0.717) is 13.1 Å². The summed E-state index contributed by atoms with van der Waals surface area (Å²) in [6, 6.07) is 8.12. The summed E-state index contributed by atoms with van der Waals surface area (Å²) in [6.45, 7) is 3.43. The fourth-order valence-electron chi connectivity index (χ4n) is 2.09. The van der Waals surface area contributed by atoms with E-state index < -0.39 is 4.92 Å². The highest BCUT2D eigenvalue weighted by molar-refractivity contribution is 9.11. The van der Waals surface area contributed by atoms with E-state index in [-0.39, 0.29) is 28.8 Å². The molecule has 0 atom stereocenters. The van der Waals surface area contributed by atoms with Crippen molar-refractivity contribution in [2.24, 2.45) is 0 Å². The van der Waals surface area contributed by atoms with Crippen LogP contribution in [0.25, 0.3) is 0 Å². The minimum Gasteiger partial charge on any atom is -0.319 e. The Labute approximate surface area is 156 Å². The molecule has 2 rings (SSSR count). The summed E-state index contributed by atoms with van der Waals surface area (Å²) < 4.78 is 1.04. The first-order valence-corrected chi connectivity index (χ1v) is 9.08. The summed E-state index contributed by atoms with van der Waals surface area (Å²) in [6.07, 6.45) is 0. The number of hydrogen-bond donors (Lipinski definition) is 1. The van der Waals surface area contributed by atoms with Crippen molar-refractivity contribution in [3.05, 3.63) is 54.1 Å². The number of benzene rings is 1. The summed E-state index contributed by atoms with van der Waals surface area (Å²) in [5.41, 5.74) is -0.0783. The molecule has 1 heterocycles. The van der Waals surface area contributed by atoms with E-state index in [1.807, 2.05) is 24.0 Å². The average molecular weight is 433 g/mol. The normalized spacial score (nSPS) is 10.8. The van der Waals surface area contributed by atoms with Crippen LogP contribution in [0.2, 0.25) is 5.02 Å². The minimum atomic E-state index is -0.567. The SMILES string of the molecule is CCN(CC(=O)Nc1ccc(Cl)cc1[N+](=O)[O-])Cc1ccc(Br)s1. The van der Waals surface area contributed by atoms with Crippen LogP contribution in [0.15, 0.2) is 34.1 Å². The van der Waals surface area contributed by atoms with Crippen molar-refractivity contribution in [3.8, 4) is 0 Å². The highest BCUT2D eigenvalue weighted by atomic mass is 79.9. The van der Waals surface area contributed by atoms with Crippen molar-refractivity contribution in [1.29, 1.82) is 0 Å². The lowest BCUT2D eigenvalue weighted by atomic mass is 10.2. The maximum Gasteiger partial charge on any atom is 0.294 e. The molecule has 0 unspecified atom stereocenters. The summed E-state index contributed by atoms with van der Waals surface area (Å²) in [5.74, 6) is -0.308. The van der Waals surface area contributed by atoms with E-state index in [2.05, 4.69) is 21.2 Å². The Hall–Kier alpha value is -1.48. The Kier molecular flexibility index (Phi) is 6.73. The second-order valence-corrected chi connectivity index (χ2v) is 7.96. The highest BCUT2D eigenvalue weighted by Gasteiger charge is 2.18. The standard InChI is InChI=1S/C15H15BrClN3O3S/c1-2-19(8-11-4-6-14(16)24-11)9-15(21)18-12-5-3-10(17)7-13(12)20(22)23/h3-7H,2,8-9H2,1H3,(H,18,21). The molecule has 0 fully saturated rings. The van der Waals surface area contributed by atoms with Gasteiger partial charge in [0.05, 0.1) is 15.3 Å². The minimum absolute atomic E-state index is 0.143. The van der Waals surface area contributed by atoms with Crippen LogP contribution < -0.4 is 5.32 Å². The molecule has 2 aromatic rings. The lowest BCUT2D eigenvalue weighted by molar-refractivity contribution is -0.383. The van der Waals surface area contributed by atoms with E-state index in [1.54, 1.807) is 11.3 Å². The predicted molar refractivity (Wildman–Crippen MR) is 99.7 cm³/mol. The zero-order valence-electron chi connectivity index (χ0n) is 12.8. The van der Waals surface area contributed by atoms with Crippen molar-refractivity contribution in [2.75, 3.05) is 18.4 Å². The Morgan fingerprint density at radius 2 is 2.17 bits per heavy atom. The molecule has 1 N–H and O–H groups in total. The first-order valence-electron chi connectivity index (χ1n) is 7.09. The molecule has 0 bridgehead atoms. The lowest BCUT2D eigenvalue weighted by Gasteiger charge is -2.19. The topological polar surface area (TPSA) is 75.5 Å². The third-order valence-corrected chi connectivity index (χ3v) is 5.10. The van der Waals surface area contributed by atoms with Crippen LogP contribution in [0.5, 0.6) is 0 Å². The molecular formula is C15H15BrClN3O3S. The smallest absolute Gasteiger partial charge is 0.294 e. The van der Waals surface area contributed by atoms with Crippen molar-refractivity contribution in [1.82, 2.24) is 4.90 Å². The van der Waals surface area contributed by atoms with Crippen molar-refractivity contribution >= 4 is 56.1 Å². The predicted octanol–water partition coefficient (Wildman–Crippen LogP) is 4.53. The molecule has 9 heteroatoms. The number of carbonyl (C=O) groups excluding carboxylic acids is 1. The van der Waals surface area contributed by atoms with Gasteiger partial charge in [0.15, 0.2) is 0 Å². The number of halogens is 2. The molecule has 0 radical (unpaired) electrons. The van der Waals surface area contributed by atoms with Gasteiger partial charge in [-0.05, 0) is 46.7 Å². The molecule has 0 aliphatic heterocycles. The van der Waals surface area contributed by atoms with Gasteiger partial charge in [-0.15, -0.1) is 11.3 Å². The molecule has 0 spiro atoms. The van der Waals surface area contributed by atoms with Crippen LogP contribution in [0, 0.1) is 10.1 Å². The molecule has 1 aromatic carbocycles. The van der Waals surface area contributed by atoms with Crippen LogP contribution in [-0.4, -0.2) is 28.8 Å². The van der Waals surface area contributed by atoms with Crippen molar-refractivity contribution < 1.29 is 9.72 Å². The third kappa shape index (κ3) is 5.27. The maximum atomic E-state index is 12.2. The molecule has 0 saturated heterocycles. The van der Waals surface area contributed by atoms with E-state index >= 15 is 0 Å². The average Bonchev–Trinajstić information content (AvgIpc) is 2.93. The molecule has 0 aliphatic carbocycles. The van der Waals surface area contributed by atoms with E-state index in [4.69, 9.17) is 11.6 Å². The largest absolute Gasteiger partial charge is 0.319 e. The first-order chi connectivity index (χ1) is 11.4. The number of nitro groups is 1. The highest BCUT2D eigenvalue weighted by Crippen LogP contribution is 2.28. The number of anilines is 1. The van der Waals surface area contributed by atoms with E-state index in [9.17, 15) is 14.9 Å². The molecule has 6 nitrogen and oxygen atoms in total. The number of carbonyl (C=O) groups is 1. The maximum absolute atomic E-state index is 12.2. The van der Waals surface area contributed by atoms with Gasteiger partial charge >= 0.3 is 0 Å². The quantitative estimate of drug-likeness (QED) is 0.515. The first kappa shape index (κ1) is 18.9. The molecule has 0 saturated carbocycles. The molecular weight excluding hydrogens is 418 g/mol. The zero-order chi connectivity index (χ0) is 17.7. The molecule has 24 heavy (non-hydrogen) atoms. The fourth-order valence-corrected chi connectivity index (χ4v) is 3.78. The van der Waals surface area contributed by atoms with Crippen LogP contribution >= 0.6 is 38.9 Å². The summed E-state index contributed by atoms with van der Waals surface area (Å²) in [4.78, 5) is 25.8. The second-order valence-electron chi connectivity index (χ2n) is 4.98. The zero-order valence-corrected chi connectivity index (χ0v) is 15.9. The lowest BCUT2D eigenvalue weighted by Crippen LogP contribution is -2.32. The number of nitro benzene ring substituents is 1. The van der Waals surface area contributed by atoms with Gasteiger partial charge in [0.2, 0.25) is 5.91 Å². The van der Waals surface area contributed by atoms with Crippen molar-refractivity contribution in [3.63, 3.8) is 0 Å². The summed E-state index contributed by atoms with van der Waals surface area (Å²) in [7, 11) is 0. The van der Waals surface area contributed by atoms with Gasteiger partial charge in [0, 0.05) is 22.5 Å². The number of thiophene rings is 1. The van der Waals surface area contributed by atoms with Crippen LogP contribution in [0.1, 0.15) is 11.8 Å². The molecule has 1 aromatic heterocycles. The van der Waals surface area contributed by atoms with Gasteiger partial charge in [-0.1, -0.05) is 18.5 Å². The Morgan fingerprint density at radius 1 is 1.42 bits per heavy atom. The molecule has 128 valence electrons. The van der Waals surface area contributed by atoms with Crippen LogP contribution in [0.3, 0.4) is 0 Å². The number of nitrogens with zero attached hydrogens (tertiary/aromatic N) is 2. The third-order valence-electron chi connectivity index (χ3n) is 3.25. The van der Waals surface area contributed by atoms with Gasteiger partial charge in [-0.3, -0.25) is 19.8 Å². The van der Waals surface area contributed by atoms with Gasteiger partial charge in [0.25, 0.3) is 5.69 Å². The number of rotatable bonds is 7.